The maximum atomic E-state index is 9.84. The Hall–Kier alpha value is -0.710. The molecule has 1 atom stereocenters. The minimum atomic E-state index is -0.593. The van der Waals surface area contributed by atoms with Gasteiger partial charge in [0, 0.05) is 13.0 Å². The molecule has 0 aromatic carbocycles. The molecule has 0 spiro atoms. The van der Waals surface area contributed by atoms with Gasteiger partial charge in [-0.2, -0.15) is 0 Å². The summed E-state index contributed by atoms with van der Waals surface area (Å²) in [5, 5.41) is 8.93. The van der Waals surface area contributed by atoms with Crippen LogP contribution in [0.15, 0.2) is 12.2 Å². The zero-order valence-corrected chi connectivity index (χ0v) is 6.98. The molecule has 0 heterocycles. The van der Waals surface area contributed by atoms with Crippen LogP contribution in [0, 0.1) is 0 Å². The van der Waals surface area contributed by atoms with Gasteiger partial charge >= 0.3 is 0 Å². The lowest BCUT2D eigenvalue weighted by atomic mass is 10.4. The molecule has 3 N–H and O–H groups in total. The zero-order chi connectivity index (χ0) is 9.23. The number of allylic oxidation sites excluding steroid dienone is 1. The van der Waals surface area contributed by atoms with Crippen molar-refractivity contribution < 1.29 is 14.6 Å². The topological polar surface area (TPSA) is 72.6 Å². The quantitative estimate of drug-likeness (QED) is 0.308. The molecule has 0 saturated heterocycles. The first-order valence-corrected chi connectivity index (χ1v) is 3.85. The second-order valence-electron chi connectivity index (χ2n) is 2.30. The van der Waals surface area contributed by atoms with E-state index < -0.39 is 6.10 Å². The predicted molar refractivity (Wildman–Crippen MR) is 45.7 cm³/mol. The van der Waals surface area contributed by atoms with Gasteiger partial charge < -0.3 is 20.4 Å². The Kier molecular flexibility index (Phi) is 7.89. The molecule has 0 fully saturated rings. The molecule has 0 radical (unpaired) electrons. The molecule has 1 unspecified atom stereocenters. The summed E-state index contributed by atoms with van der Waals surface area (Å²) < 4.78 is 5.00. The highest BCUT2D eigenvalue weighted by Crippen LogP contribution is 1.84. The third kappa shape index (κ3) is 7.40. The molecule has 0 aromatic heterocycles. The molecule has 0 amide bonds. The second kappa shape index (κ2) is 8.39. The smallest absolute Gasteiger partial charge is 0.123 e. The van der Waals surface area contributed by atoms with Crippen LogP contribution in [0.5, 0.6) is 0 Å². The average Bonchev–Trinajstić information content (AvgIpc) is 2.10. The number of carbonyl (C=O) groups excluding carboxylic acids is 1. The van der Waals surface area contributed by atoms with E-state index in [0.717, 1.165) is 6.29 Å². The Morgan fingerprint density at radius 2 is 2.25 bits per heavy atom. The van der Waals surface area contributed by atoms with Crippen molar-refractivity contribution in [3.63, 3.8) is 0 Å². The van der Waals surface area contributed by atoms with Crippen LogP contribution >= 0.6 is 0 Å². The first-order valence-electron chi connectivity index (χ1n) is 3.85. The van der Waals surface area contributed by atoms with Gasteiger partial charge in [-0.15, -0.1) is 0 Å². The van der Waals surface area contributed by atoms with Crippen molar-refractivity contribution >= 4 is 6.29 Å². The minimum absolute atomic E-state index is 0.206. The number of ether oxygens (including phenoxy) is 1. The lowest BCUT2D eigenvalue weighted by Gasteiger charge is -2.05. The molecule has 0 bridgehead atoms. The largest absolute Gasteiger partial charge is 0.389 e. The van der Waals surface area contributed by atoms with Gasteiger partial charge in [-0.05, 0) is 0 Å². The fourth-order valence-corrected chi connectivity index (χ4v) is 0.560. The van der Waals surface area contributed by atoms with E-state index in [4.69, 9.17) is 15.6 Å². The summed E-state index contributed by atoms with van der Waals surface area (Å²) in [5.41, 5.74) is 5.14. The lowest BCUT2D eigenvalue weighted by molar-refractivity contribution is -0.107. The number of carbonyl (C=O) groups is 1. The molecular formula is C8H15NO3. The number of hydrogen-bond acceptors (Lipinski definition) is 4. The number of hydrogen-bond donors (Lipinski definition) is 2. The van der Waals surface area contributed by atoms with Gasteiger partial charge in [-0.1, -0.05) is 12.2 Å². The average molecular weight is 173 g/mol. The summed E-state index contributed by atoms with van der Waals surface area (Å²) in [6.45, 7) is 0.852. The third-order valence-corrected chi connectivity index (χ3v) is 1.20. The molecule has 70 valence electrons. The van der Waals surface area contributed by atoms with Crippen LogP contribution in [0.25, 0.3) is 0 Å². The minimum Gasteiger partial charge on any atom is -0.389 e. The first kappa shape index (κ1) is 11.3. The maximum absolute atomic E-state index is 9.84. The highest BCUT2D eigenvalue weighted by Gasteiger charge is 1.97. The molecule has 4 heteroatoms. The van der Waals surface area contributed by atoms with Crippen molar-refractivity contribution in [1.82, 2.24) is 0 Å². The SMILES string of the molecule is NCC(O)COC/C=C\CC=O. The third-order valence-electron chi connectivity index (χ3n) is 1.20. The van der Waals surface area contributed by atoms with Gasteiger partial charge in [0.1, 0.15) is 6.29 Å². The molecule has 0 aliphatic heterocycles. The molecule has 4 nitrogen and oxygen atoms in total. The number of aldehydes is 1. The summed E-state index contributed by atoms with van der Waals surface area (Å²) in [5.74, 6) is 0. The van der Waals surface area contributed by atoms with Crippen molar-refractivity contribution in [2.24, 2.45) is 5.73 Å². The molecule has 0 aliphatic carbocycles. The van der Waals surface area contributed by atoms with Gasteiger partial charge in [0.25, 0.3) is 0 Å². The van der Waals surface area contributed by atoms with Crippen molar-refractivity contribution in [1.29, 1.82) is 0 Å². The summed E-state index contributed by atoms with van der Waals surface area (Å²) in [4.78, 5) is 9.84. The van der Waals surface area contributed by atoms with Gasteiger partial charge in [-0.25, -0.2) is 0 Å². The van der Waals surface area contributed by atoms with Gasteiger partial charge in [-0.3, -0.25) is 0 Å². The Balaban J connectivity index is 3.14. The Morgan fingerprint density at radius 3 is 2.83 bits per heavy atom. The second-order valence-corrected chi connectivity index (χ2v) is 2.30. The van der Waals surface area contributed by atoms with Gasteiger partial charge in [0.2, 0.25) is 0 Å². The fourth-order valence-electron chi connectivity index (χ4n) is 0.560. The monoisotopic (exact) mass is 173 g/mol. The fraction of sp³-hybridized carbons (Fsp3) is 0.625. The highest BCUT2D eigenvalue weighted by atomic mass is 16.5. The highest BCUT2D eigenvalue weighted by molar-refractivity contribution is 5.51. The Bertz CT molecular complexity index is 136. The van der Waals surface area contributed by atoms with Crippen molar-refractivity contribution in [3.05, 3.63) is 12.2 Å². The maximum Gasteiger partial charge on any atom is 0.123 e. The van der Waals surface area contributed by atoms with E-state index >= 15 is 0 Å². The molecular weight excluding hydrogens is 158 g/mol. The molecule has 0 rings (SSSR count). The summed E-state index contributed by atoms with van der Waals surface area (Å²) >= 11 is 0. The van der Waals surface area contributed by atoms with E-state index in [2.05, 4.69) is 0 Å². The van der Waals surface area contributed by atoms with Crippen LogP contribution in [0.2, 0.25) is 0 Å². The van der Waals surface area contributed by atoms with E-state index in [1.807, 2.05) is 0 Å². The summed E-state index contributed by atoms with van der Waals surface area (Å²) in [6.07, 6.45) is 4.07. The van der Waals surface area contributed by atoms with Crippen LogP contribution in [-0.4, -0.2) is 37.3 Å². The molecule has 0 aromatic rings. The molecule has 0 saturated carbocycles. The number of rotatable bonds is 7. The van der Waals surface area contributed by atoms with Crippen LogP contribution in [-0.2, 0) is 9.53 Å². The van der Waals surface area contributed by atoms with E-state index in [9.17, 15) is 4.79 Å². The van der Waals surface area contributed by atoms with Crippen molar-refractivity contribution in [2.75, 3.05) is 19.8 Å². The predicted octanol–water partition coefficient (Wildman–Crippen LogP) is -0.532. The van der Waals surface area contributed by atoms with Crippen LogP contribution in [0.3, 0.4) is 0 Å². The van der Waals surface area contributed by atoms with E-state index in [0.29, 0.717) is 13.0 Å². The first-order chi connectivity index (χ1) is 5.81. The van der Waals surface area contributed by atoms with E-state index in [1.165, 1.54) is 0 Å². The summed E-state index contributed by atoms with van der Waals surface area (Å²) in [6, 6.07) is 0. The van der Waals surface area contributed by atoms with Crippen molar-refractivity contribution in [2.45, 2.75) is 12.5 Å². The normalized spacial score (nSPS) is 13.5. The summed E-state index contributed by atoms with van der Waals surface area (Å²) in [7, 11) is 0. The molecule has 12 heavy (non-hydrogen) atoms. The van der Waals surface area contributed by atoms with Crippen LogP contribution < -0.4 is 5.73 Å². The van der Waals surface area contributed by atoms with Crippen LogP contribution in [0.4, 0.5) is 0 Å². The Labute approximate surface area is 72.0 Å². The zero-order valence-electron chi connectivity index (χ0n) is 6.98. The number of nitrogens with two attached hydrogens (primary N) is 1. The van der Waals surface area contributed by atoms with Gasteiger partial charge in [0.05, 0.1) is 19.3 Å². The van der Waals surface area contributed by atoms with E-state index in [-0.39, 0.29) is 13.2 Å². The van der Waals surface area contributed by atoms with Gasteiger partial charge in [0.15, 0.2) is 0 Å². The Morgan fingerprint density at radius 1 is 1.50 bits per heavy atom. The van der Waals surface area contributed by atoms with Crippen LogP contribution in [0.1, 0.15) is 6.42 Å². The lowest BCUT2D eigenvalue weighted by Crippen LogP contribution is -2.25. The number of aliphatic hydroxyl groups excluding tert-OH is 1. The standard InChI is InChI=1S/C8H15NO3/c9-6-8(11)7-12-5-3-1-2-4-10/h1,3-4,8,11H,2,5-7,9H2/b3-1-. The van der Waals surface area contributed by atoms with E-state index in [1.54, 1.807) is 12.2 Å². The molecule has 0 aliphatic rings. The van der Waals surface area contributed by atoms with Crippen molar-refractivity contribution in [3.8, 4) is 0 Å². The number of aliphatic hydroxyl groups is 1.